The molecule has 0 atom stereocenters. The zero-order chi connectivity index (χ0) is 18.8. The first kappa shape index (κ1) is 23.8. The van der Waals surface area contributed by atoms with Gasteiger partial charge in [0.15, 0.2) is 0 Å². The average molecular weight is 359 g/mol. The van der Waals surface area contributed by atoms with Crippen LogP contribution in [0.15, 0.2) is 0 Å². The van der Waals surface area contributed by atoms with Gasteiger partial charge in [0.1, 0.15) is 6.73 Å². The van der Waals surface area contributed by atoms with Gasteiger partial charge >= 0.3 is 0 Å². The molecule has 0 aliphatic carbocycles. The van der Waals surface area contributed by atoms with Crippen molar-refractivity contribution in [1.29, 1.82) is 0 Å². The highest BCUT2D eigenvalue weighted by molar-refractivity contribution is 5.76. The highest BCUT2D eigenvalue weighted by Crippen LogP contribution is 2.01. The molecular formula is C18H38N4O3. The van der Waals surface area contributed by atoms with E-state index in [1.54, 1.807) is 0 Å². The van der Waals surface area contributed by atoms with Gasteiger partial charge < -0.3 is 15.4 Å². The summed E-state index contributed by atoms with van der Waals surface area (Å²) < 4.78 is 5.59. The molecule has 0 aromatic carbocycles. The summed E-state index contributed by atoms with van der Waals surface area (Å²) in [4.78, 5) is 25.4. The van der Waals surface area contributed by atoms with Crippen molar-refractivity contribution in [3.8, 4) is 0 Å². The molecule has 0 aromatic rings. The summed E-state index contributed by atoms with van der Waals surface area (Å²) in [5.74, 6) is 0.204. The summed E-state index contributed by atoms with van der Waals surface area (Å²) in [6.07, 6.45) is 4.75. The summed E-state index contributed by atoms with van der Waals surface area (Å²) in [6.45, 7) is 11.0. The number of nitrogens with zero attached hydrogens (tertiary/aromatic N) is 1. The zero-order valence-electron chi connectivity index (χ0n) is 16.4. The van der Waals surface area contributed by atoms with Crippen LogP contribution in [0, 0.1) is 0 Å². The van der Waals surface area contributed by atoms with Crippen LogP contribution in [0.3, 0.4) is 0 Å². The Morgan fingerprint density at radius 1 is 0.880 bits per heavy atom. The number of nitrogens with one attached hydrogen (secondary N) is 3. The summed E-state index contributed by atoms with van der Waals surface area (Å²) in [5, 5.41) is 8.87. The fourth-order valence-electron chi connectivity index (χ4n) is 2.29. The van der Waals surface area contributed by atoms with Crippen LogP contribution in [-0.2, 0) is 14.3 Å². The minimum absolute atomic E-state index is 0.0892. The third-order valence-electron chi connectivity index (χ3n) is 3.71. The molecule has 0 rings (SSSR count). The van der Waals surface area contributed by atoms with Crippen LogP contribution in [-0.4, -0.2) is 62.9 Å². The molecule has 7 heteroatoms. The van der Waals surface area contributed by atoms with Crippen LogP contribution in [0.1, 0.15) is 59.3 Å². The molecule has 0 radical (unpaired) electrons. The fraction of sp³-hybridized carbons (Fsp3) is 0.889. The Kier molecular flexibility index (Phi) is 16.8. The lowest BCUT2D eigenvalue weighted by molar-refractivity contribution is -0.121. The molecule has 0 aromatic heterocycles. The average Bonchev–Trinajstić information content (AvgIpc) is 2.58. The number of ether oxygens (including phenoxy) is 1. The van der Waals surface area contributed by atoms with Gasteiger partial charge in [0, 0.05) is 39.0 Å². The monoisotopic (exact) mass is 358 g/mol. The third-order valence-corrected chi connectivity index (χ3v) is 3.71. The maximum atomic E-state index is 11.8. The van der Waals surface area contributed by atoms with E-state index in [9.17, 15) is 9.59 Å². The Morgan fingerprint density at radius 3 is 2.08 bits per heavy atom. The van der Waals surface area contributed by atoms with Crippen LogP contribution in [0.5, 0.6) is 0 Å². The first-order valence-electron chi connectivity index (χ1n) is 9.68. The lowest BCUT2D eigenvalue weighted by Crippen LogP contribution is -2.33. The Bertz CT molecular complexity index is 340. The van der Waals surface area contributed by atoms with Gasteiger partial charge in [-0.1, -0.05) is 20.3 Å². The maximum absolute atomic E-state index is 11.8. The highest BCUT2D eigenvalue weighted by Gasteiger charge is 2.08. The quantitative estimate of drug-likeness (QED) is 0.271. The number of rotatable bonds is 17. The number of unbranched alkanes of at least 4 members (excludes halogenated alkanes) is 1. The van der Waals surface area contributed by atoms with E-state index in [1.807, 2.05) is 13.8 Å². The molecule has 3 N–H and O–H groups in total. The number of hydrogen-bond donors (Lipinski definition) is 3. The second kappa shape index (κ2) is 17.6. The van der Waals surface area contributed by atoms with E-state index in [1.165, 1.54) is 0 Å². The first-order valence-corrected chi connectivity index (χ1v) is 9.68. The molecule has 0 spiro atoms. The van der Waals surface area contributed by atoms with Crippen LogP contribution in [0.25, 0.3) is 0 Å². The molecule has 25 heavy (non-hydrogen) atoms. The largest absolute Gasteiger partial charge is 0.356 e. The minimum atomic E-state index is 0.0892. The van der Waals surface area contributed by atoms with E-state index in [0.717, 1.165) is 51.9 Å². The van der Waals surface area contributed by atoms with Gasteiger partial charge in [-0.05, 0) is 32.7 Å². The Labute approximate surface area is 153 Å². The van der Waals surface area contributed by atoms with Gasteiger partial charge in [0.05, 0.1) is 6.73 Å². The second-order valence-corrected chi connectivity index (χ2v) is 6.06. The Morgan fingerprint density at radius 2 is 1.52 bits per heavy atom. The molecule has 148 valence electrons. The van der Waals surface area contributed by atoms with Gasteiger partial charge in [-0.15, -0.1) is 0 Å². The lowest BCUT2D eigenvalue weighted by Gasteiger charge is -2.22. The first-order chi connectivity index (χ1) is 12.1. The molecule has 0 saturated carbocycles. The molecule has 0 heterocycles. The van der Waals surface area contributed by atoms with Gasteiger partial charge in [-0.25, -0.2) is 0 Å². The molecule has 0 aliphatic rings. The van der Waals surface area contributed by atoms with Gasteiger partial charge in [0.2, 0.25) is 11.8 Å². The van der Waals surface area contributed by atoms with Gasteiger partial charge in [0.25, 0.3) is 0 Å². The molecule has 0 unspecified atom stereocenters. The van der Waals surface area contributed by atoms with E-state index in [0.29, 0.717) is 32.8 Å². The maximum Gasteiger partial charge on any atom is 0.220 e. The van der Waals surface area contributed by atoms with Crippen LogP contribution < -0.4 is 16.0 Å². The molecule has 0 aliphatic heterocycles. The van der Waals surface area contributed by atoms with Crippen molar-refractivity contribution in [2.75, 3.05) is 46.2 Å². The fourth-order valence-corrected chi connectivity index (χ4v) is 2.29. The van der Waals surface area contributed by atoms with E-state index in [-0.39, 0.29) is 11.8 Å². The molecule has 2 amide bonds. The summed E-state index contributed by atoms with van der Waals surface area (Å²) in [5.41, 5.74) is 0. The van der Waals surface area contributed by atoms with Crippen molar-refractivity contribution in [1.82, 2.24) is 20.9 Å². The molecule has 7 nitrogen and oxygen atoms in total. The van der Waals surface area contributed by atoms with E-state index in [2.05, 4.69) is 27.8 Å². The molecule has 0 fully saturated rings. The zero-order valence-corrected chi connectivity index (χ0v) is 16.4. The lowest BCUT2D eigenvalue weighted by atomic mass is 10.2. The van der Waals surface area contributed by atoms with Crippen molar-refractivity contribution in [2.24, 2.45) is 0 Å². The normalized spacial score (nSPS) is 10.9. The highest BCUT2D eigenvalue weighted by atomic mass is 16.5. The summed E-state index contributed by atoms with van der Waals surface area (Å²) >= 11 is 0. The number of carbonyl (C=O) groups excluding carboxylic acids is 2. The second-order valence-electron chi connectivity index (χ2n) is 6.06. The van der Waals surface area contributed by atoms with Crippen LogP contribution >= 0.6 is 0 Å². The predicted molar refractivity (Wildman–Crippen MR) is 101 cm³/mol. The third kappa shape index (κ3) is 16.1. The predicted octanol–water partition coefficient (Wildman–Crippen LogP) is 1.44. The number of hydrogen-bond acceptors (Lipinski definition) is 5. The summed E-state index contributed by atoms with van der Waals surface area (Å²) in [7, 11) is 0. The number of amides is 2. The van der Waals surface area contributed by atoms with E-state index in [4.69, 9.17) is 4.74 Å². The summed E-state index contributed by atoms with van der Waals surface area (Å²) in [6, 6.07) is 0. The molecule has 0 saturated heterocycles. The standard InChI is InChI=1S/C18H38N4O3/c1-4-7-12-21-18(24)11-9-14-22(16-25-15-19-5-2)13-8-10-17(23)20-6-3/h19H,4-16H2,1-3H3,(H,20,23)(H,21,24). The smallest absolute Gasteiger partial charge is 0.220 e. The van der Waals surface area contributed by atoms with Crippen LogP contribution in [0.2, 0.25) is 0 Å². The van der Waals surface area contributed by atoms with Gasteiger partial charge in [-0.2, -0.15) is 0 Å². The van der Waals surface area contributed by atoms with Crippen molar-refractivity contribution in [2.45, 2.75) is 59.3 Å². The molecule has 0 bridgehead atoms. The minimum Gasteiger partial charge on any atom is -0.356 e. The van der Waals surface area contributed by atoms with Gasteiger partial charge in [-0.3, -0.25) is 19.8 Å². The van der Waals surface area contributed by atoms with Crippen molar-refractivity contribution < 1.29 is 14.3 Å². The van der Waals surface area contributed by atoms with Crippen molar-refractivity contribution in [3.05, 3.63) is 0 Å². The SMILES string of the molecule is CCCCNC(=O)CCCN(CCCC(=O)NCC)COCNCC. The van der Waals surface area contributed by atoms with E-state index >= 15 is 0 Å². The topological polar surface area (TPSA) is 82.7 Å². The Balaban J connectivity index is 4.02. The van der Waals surface area contributed by atoms with E-state index < -0.39 is 0 Å². The van der Waals surface area contributed by atoms with Crippen LogP contribution in [0.4, 0.5) is 0 Å². The Hall–Kier alpha value is -1.18. The van der Waals surface area contributed by atoms with Crippen molar-refractivity contribution in [3.63, 3.8) is 0 Å². The number of carbonyl (C=O) groups is 2. The van der Waals surface area contributed by atoms with Crippen molar-refractivity contribution >= 4 is 11.8 Å². The molecular weight excluding hydrogens is 320 g/mol.